The second kappa shape index (κ2) is 5.48. The predicted molar refractivity (Wildman–Crippen MR) is 78.8 cm³/mol. The molecule has 18 heavy (non-hydrogen) atoms. The fourth-order valence-electron chi connectivity index (χ4n) is 1.75. The third-order valence-corrected chi connectivity index (χ3v) is 3.52. The van der Waals surface area contributed by atoms with Crippen molar-refractivity contribution in [3.63, 3.8) is 0 Å². The molecule has 0 saturated heterocycles. The lowest BCUT2D eigenvalue weighted by molar-refractivity contribution is 1.08. The van der Waals surface area contributed by atoms with Gasteiger partial charge in [0.15, 0.2) is 5.82 Å². The first-order chi connectivity index (χ1) is 8.60. The van der Waals surface area contributed by atoms with Gasteiger partial charge in [0.05, 0.1) is 0 Å². The number of hydrogen-bond donors (Lipinski definition) is 1. The molecule has 1 heterocycles. The third kappa shape index (κ3) is 2.88. The lowest BCUT2D eigenvalue weighted by Gasteiger charge is -2.08. The Hall–Kier alpha value is -1.42. The normalized spacial score (nSPS) is 10.4. The number of halogens is 1. The van der Waals surface area contributed by atoms with Gasteiger partial charge in [-0.3, -0.25) is 0 Å². The highest BCUT2D eigenvalue weighted by Gasteiger charge is 2.06. The maximum absolute atomic E-state index is 4.53. The van der Waals surface area contributed by atoms with Crippen LogP contribution in [-0.2, 0) is 0 Å². The molecule has 0 bridgehead atoms. The van der Waals surface area contributed by atoms with Gasteiger partial charge in [0.1, 0.15) is 5.82 Å². The number of aryl methyl sites for hydroxylation is 2. The van der Waals surface area contributed by atoms with Crippen molar-refractivity contribution in [3.05, 3.63) is 40.0 Å². The molecule has 0 aliphatic heterocycles. The zero-order valence-electron chi connectivity index (χ0n) is 10.8. The molecule has 3 nitrogen and oxygen atoms in total. The molecular formula is C14H16BrN3. The van der Waals surface area contributed by atoms with Crippen LogP contribution in [0.1, 0.15) is 18.2 Å². The van der Waals surface area contributed by atoms with E-state index in [0.29, 0.717) is 0 Å². The predicted octanol–water partition coefficient (Wildman–Crippen LogP) is 3.95. The van der Waals surface area contributed by atoms with Crippen LogP contribution in [0.15, 0.2) is 28.7 Å². The Balaban J connectivity index is 2.46. The average Bonchev–Trinajstić information content (AvgIpc) is 2.32. The van der Waals surface area contributed by atoms with Crippen molar-refractivity contribution in [3.8, 4) is 11.4 Å². The molecule has 0 atom stereocenters. The van der Waals surface area contributed by atoms with Gasteiger partial charge in [0.25, 0.3) is 0 Å². The van der Waals surface area contributed by atoms with E-state index >= 15 is 0 Å². The van der Waals surface area contributed by atoms with Gasteiger partial charge in [-0.15, -0.1) is 0 Å². The van der Waals surface area contributed by atoms with Crippen LogP contribution in [0.4, 0.5) is 5.82 Å². The Morgan fingerprint density at radius 1 is 1.17 bits per heavy atom. The minimum Gasteiger partial charge on any atom is -0.370 e. The molecule has 0 aliphatic rings. The van der Waals surface area contributed by atoms with Crippen molar-refractivity contribution in [2.45, 2.75) is 20.8 Å². The molecule has 0 saturated carbocycles. The first-order valence-corrected chi connectivity index (χ1v) is 6.75. The highest BCUT2D eigenvalue weighted by molar-refractivity contribution is 9.10. The molecule has 2 aromatic rings. The SMILES string of the molecule is CCNc1cc(C)nc(-c2ccc(Br)c(C)c2)n1. The molecule has 0 aliphatic carbocycles. The van der Waals surface area contributed by atoms with E-state index in [1.165, 1.54) is 5.56 Å². The van der Waals surface area contributed by atoms with Gasteiger partial charge < -0.3 is 5.32 Å². The minimum atomic E-state index is 0.765. The summed E-state index contributed by atoms with van der Waals surface area (Å²) in [4.78, 5) is 9.02. The van der Waals surface area contributed by atoms with Crippen LogP contribution in [-0.4, -0.2) is 16.5 Å². The summed E-state index contributed by atoms with van der Waals surface area (Å²) < 4.78 is 1.10. The quantitative estimate of drug-likeness (QED) is 0.933. The number of nitrogens with one attached hydrogen (secondary N) is 1. The lowest BCUT2D eigenvalue weighted by atomic mass is 10.1. The van der Waals surface area contributed by atoms with E-state index in [0.717, 1.165) is 33.9 Å². The fraction of sp³-hybridized carbons (Fsp3) is 0.286. The van der Waals surface area contributed by atoms with E-state index in [2.05, 4.69) is 51.1 Å². The third-order valence-electron chi connectivity index (χ3n) is 2.63. The Bertz CT molecular complexity index is 567. The Morgan fingerprint density at radius 3 is 2.61 bits per heavy atom. The van der Waals surface area contributed by atoms with E-state index < -0.39 is 0 Å². The molecule has 0 fully saturated rings. The standard InChI is InChI=1S/C14H16BrN3/c1-4-16-13-8-10(3)17-14(18-13)11-5-6-12(15)9(2)7-11/h5-8H,4H2,1-3H3,(H,16,17,18). The highest BCUT2D eigenvalue weighted by atomic mass is 79.9. The van der Waals surface area contributed by atoms with E-state index in [-0.39, 0.29) is 0 Å². The van der Waals surface area contributed by atoms with Gasteiger partial charge in [-0.05, 0) is 38.5 Å². The molecule has 1 N–H and O–H groups in total. The topological polar surface area (TPSA) is 37.8 Å². The smallest absolute Gasteiger partial charge is 0.161 e. The van der Waals surface area contributed by atoms with Crippen LogP contribution in [0.2, 0.25) is 0 Å². The van der Waals surface area contributed by atoms with Crippen LogP contribution in [0.3, 0.4) is 0 Å². The molecule has 0 amide bonds. The first kappa shape index (κ1) is 13.0. The van der Waals surface area contributed by atoms with Crippen molar-refractivity contribution >= 4 is 21.7 Å². The van der Waals surface area contributed by atoms with E-state index in [1.807, 2.05) is 25.1 Å². The summed E-state index contributed by atoms with van der Waals surface area (Å²) in [5, 5.41) is 3.22. The number of benzene rings is 1. The minimum absolute atomic E-state index is 0.765. The lowest BCUT2D eigenvalue weighted by Crippen LogP contribution is -2.02. The zero-order valence-corrected chi connectivity index (χ0v) is 12.4. The second-order valence-electron chi connectivity index (χ2n) is 4.21. The number of rotatable bonds is 3. The van der Waals surface area contributed by atoms with Crippen LogP contribution < -0.4 is 5.32 Å². The maximum atomic E-state index is 4.53. The van der Waals surface area contributed by atoms with E-state index in [9.17, 15) is 0 Å². The summed E-state index contributed by atoms with van der Waals surface area (Å²) >= 11 is 3.50. The van der Waals surface area contributed by atoms with Crippen LogP contribution in [0.5, 0.6) is 0 Å². The van der Waals surface area contributed by atoms with E-state index in [4.69, 9.17) is 0 Å². The van der Waals surface area contributed by atoms with E-state index in [1.54, 1.807) is 0 Å². The van der Waals surface area contributed by atoms with Crippen molar-refractivity contribution in [2.75, 3.05) is 11.9 Å². The highest BCUT2D eigenvalue weighted by Crippen LogP contribution is 2.23. The Morgan fingerprint density at radius 2 is 1.94 bits per heavy atom. The van der Waals surface area contributed by atoms with Crippen molar-refractivity contribution in [1.82, 2.24) is 9.97 Å². The van der Waals surface area contributed by atoms with Crippen molar-refractivity contribution in [2.24, 2.45) is 0 Å². The largest absolute Gasteiger partial charge is 0.370 e. The summed E-state index contributed by atoms with van der Waals surface area (Å²) in [7, 11) is 0. The summed E-state index contributed by atoms with van der Waals surface area (Å²) in [6.45, 7) is 6.96. The fourth-order valence-corrected chi connectivity index (χ4v) is 2.00. The molecule has 94 valence electrons. The number of anilines is 1. The molecule has 1 aromatic carbocycles. The summed E-state index contributed by atoms with van der Waals surface area (Å²) in [5.41, 5.74) is 3.19. The van der Waals surface area contributed by atoms with Gasteiger partial charge in [-0.2, -0.15) is 0 Å². The summed E-state index contributed by atoms with van der Waals surface area (Å²) in [6.07, 6.45) is 0. The molecule has 0 spiro atoms. The summed E-state index contributed by atoms with van der Waals surface area (Å²) in [6, 6.07) is 8.11. The molecule has 2 rings (SSSR count). The number of hydrogen-bond acceptors (Lipinski definition) is 3. The average molecular weight is 306 g/mol. The van der Waals surface area contributed by atoms with Gasteiger partial charge >= 0.3 is 0 Å². The summed E-state index contributed by atoms with van der Waals surface area (Å²) in [5.74, 6) is 1.64. The Kier molecular flexibility index (Phi) is 3.97. The number of nitrogens with zero attached hydrogens (tertiary/aromatic N) is 2. The van der Waals surface area contributed by atoms with Crippen molar-refractivity contribution in [1.29, 1.82) is 0 Å². The van der Waals surface area contributed by atoms with Crippen LogP contribution in [0.25, 0.3) is 11.4 Å². The van der Waals surface area contributed by atoms with Gasteiger partial charge in [0.2, 0.25) is 0 Å². The Labute approximate surface area is 116 Å². The van der Waals surface area contributed by atoms with Crippen LogP contribution in [0, 0.1) is 13.8 Å². The zero-order chi connectivity index (χ0) is 13.1. The first-order valence-electron chi connectivity index (χ1n) is 5.96. The number of aromatic nitrogens is 2. The molecular weight excluding hydrogens is 290 g/mol. The van der Waals surface area contributed by atoms with Crippen LogP contribution >= 0.6 is 15.9 Å². The maximum Gasteiger partial charge on any atom is 0.161 e. The molecule has 0 radical (unpaired) electrons. The molecule has 4 heteroatoms. The van der Waals surface area contributed by atoms with Crippen molar-refractivity contribution < 1.29 is 0 Å². The van der Waals surface area contributed by atoms with Gasteiger partial charge in [-0.1, -0.05) is 22.0 Å². The monoisotopic (exact) mass is 305 g/mol. The molecule has 0 unspecified atom stereocenters. The second-order valence-corrected chi connectivity index (χ2v) is 5.07. The van der Waals surface area contributed by atoms with Gasteiger partial charge in [0, 0.05) is 28.3 Å². The van der Waals surface area contributed by atoms with Gasteiger partial charge in [-0.25, -0.2) is 9.97 Å². The molecule has 1 aromatic heterocycles.